The van der Waals surface area contributed by atoms with E-state index < -0.39 is 0 Å². The van der Waals surface area contributed by atoms with Gasteiger partial charge in [0.2, 0.25) is 5.91 Å². The predicted octanol–water partition coefficient (Wildman–Crippen LogP) is 4.97. The van der Waals surface area contributed by atoms with Crippen molar-refractivity contribution in [2.45, 2.75) is 78.8 Å². The molecule has 1 aliphatic rings. The number of hydrogen-bond acceptors (Lipinski definition) is 5. The number of aromatic nitrogens is 2. The first-order valence-corrected chi connectivity index (χ1v) is 12.6. The Hall–Kier alpha value is -2.35. The molecule has 1 aromatic carbocycles. The Bertz CT molecular complexity index is 1080. The lowest BCUT2D eigenvalue weighted by atomic mass is 9.78. The minimum Gasteiger partial charge on any atom is -0.490 e. The number of carbonyl (C=O) groups excluding carboxylic acids is 1. The van der Waals surface area contributed by atoms with Gasteiger partial charge >= 0.3 is 0 Å². The molecular weight excluding hydrogens is 438 g/mol. The van der Waals surface area contributed by atoms with Crippen molar-refractivity contribution in [3.63, 3.8) is 0 Å². The molecule has 0 radical (unpaired) electrons. The van der Waals surface area contributed by atoms with E-state index in [1.807, 2.05) is 13.8 Å². The molecule has 2 aromatic rings. The first-order valence-electron chi connectivity index (χ1n) is 12.2. The standard InChI is InChI=1S/C25H37N3O4S/c1-5-31-21-14-18-20(15-22(21)32-6-2)27-25(33)28(24(18)30)13-8-7-12-23(29)26-19-11-9-10-16(3)17(19)4/h14-17,19H,5-13H2,1-4H3,(H,26,29)(H,27,33)/t16-,17+,19+/m0/s1. The second-order valence-electron chi connectivity index (χ2n) is 9.00. The third-order valence-electron chi connectivity index (χ3n) is 6.73. The molecule has 0 saturated heterocycles. The molecule has 2 N–H and O–H groups in total. The smallest absolute Gasteiger partial charge is 0.262 e. The summed E-state index contributed by atoms with van der Waals surface area (Å²) in [6.45, 7) is 9.72. The number of carbonyl (C=O) groups is 1. The largest absolute Gasteiger partial charge is 0.490 e. The Kier molecular flexibility index (Phi) is 8.95. The van der Waals surface area contributed by atoms with Crippen LogP contribution in [0, 0.1) is 16.6 Å². The van der Waals surface area contributed by atoms with E-state index in [0.29, 0.717) is 78.0 Å². The zero-order valence-corrected chi connectivity index (χ0v) is 21.1. The maximum Gasteiger partial charge on any atom is 0.262 e. The maximum absolute atomic E-state index is 13.1. The van der Waals surface area contributed by atoms with Crippen LogP contribution >= 0.6 is 12.2 Å². The summed E-state index contributed by atoms with van der Waals surface area (Å²) in [5.74, 6) is 2.40. The second-order valence-corrected chi connectivity index (χ2v) is 9.38. The summed E-state index contributed by atoms with van der Waals surface area (Å²) in [6.07, 6.45) is 5.34. The van der Waals surface area contributed by atoms with Crippen molar-refractivity contribution in [1.29, 1.82) is 0 Å². The van der Waals surface area contributed by atoms with Crippen molar-refractivity contribution in [3.8, 4) is 11.5 Å². The Morgan fingerprint density at radius 2 is 1.85 bits per heavy atom. The average molecular weight is 476 g/mol. The molecule has 0 bridgehead atoms. The van der Waals surface area contributed by atoms with Crippen LogP contribution in [0.1, 0.15) is 66.2 Å². The molecule has 1 heterocycles. The summed E-state index contributed by atoms with van der Waals surface area (Å²) in [5, 5.41) is 3.73. The topological polar surface area (TPSA) is 85.4 Å². The van der Waals surface area contributed by atoms with Gasteiger partial charge in [0, 0.05) is 25.1 Å². The first-order chi connectivity index (χ1) is 15.8. The van der Waals surface area contributed by atoms with Crippen LogP contribution in [0.3, 0.4) is 0 Å². The Morgan fingerprint density at radius 1 is 1.15 bits per heavy atom. The number of fused-ring (bicyclic) bond motifs is 1. The van der Waals surface area contributed by atoms with Gasteiger partial charge in [0.25, 0.3) is 5.56 Å². The zero-order chi connectivity index (χ0) is 24.0. The summed E-state index contributed by atoms with van der Waals surface area (Å²) < 4.78 is 13.3. The van der Waals surface area contributed by atoms with Crippen molar-refractivity contribution < 1.29 is 14.3 Å². The van der Waals surface area contributed by atoms with Crippen molar-refractivity contribution >= 4 is 29.0 Å². The van der Waals surface area contributed by atoms with E-state index in [0.717, 1.165) is 6.42 Å². The summed E-state index contributed by atoms with van der Waals surface area (Å²) in [4.78, 5) is 28.7. The van der Waals surface area contributed by atoms with Crippen molar-refractivity contribution in [2.75, 3.05) is 13.2 Å². The molecule has 0 unspecified atom stereocenters. The summed E-state index contributed by atoms with van der Waals surface area (Å²) in [7, 11) is 0. The molecule has 182 valence electrons. The number of benzene rings is 1. The second kappa shape index (κ2) is 11.7. The number of rotatable bonds is 10. The Balaban J connectivity index is 1.64. The van der Waals surface area contributed by atoms with Crippen LogP contribution in [0.15, 0.2) is 16.9 Å². The van der Waals surface area contributed by atoms with Crippen LogP contribution in [0.5, 0.6) is 11.5 Å². The van der Waals surface area contributed by atoms with Gasteiger partial charge in [-0.1, -0.05) is 26.7 Å². The normalized spacial score (nSPS) is 20.5. The van der Waals surface area contributed by atoms with E-state index in [9.17, 15) is 9.59 Å². The molecule has 33 heavy (non-hydrogen) atoms. The number of hydrogen-bond donors (Lipinski definition) is 2. The van der Waals surface area contributed by atoms with E-state index >= 15 is 0 Å². The van der Waals surface area contributed by atoms with Gasteiger partial charge in [-0.15, -0.1) is 0 Å². The predicted molar refractivity (Wildman–Crippen MR) is 134 cm³/mol. The number of nitrogens with one attached hydrogen (secondary N) is 2. The zero-order valence-electron chi connectivity index (χ0n) is 20.2. The van der Waals surface area contributed by atoms with E-state index in [1.54, 1.807) is 16.7 Å². The van der Waals surface area contributed by atoms with E-state index in [1.165, 1.54) is 12.8 Å². The minimum atomic E-state index is -0.160. The first kappa shape index (κ1) is 25.3. The lowest BCUT2D eigenvalue weighted by Crippen LogP contribution is -2.43. The van der Waals surface area contributed by atoms with Crippen molar-refractivity contribution in [3.05, 3.63) is 27.3 Å². The molecular formula is C25H37N3O4S. The van der Waals surface area contributed by atoms with Crippen LogP contribution in [0.4, 0.5) is 0 Å². The van der Waals surface area contributed by atoms with Crippen LogP contribution in [0.2, 0.25) is 0 Å². The lowest BCUT2D eigenvalue weighted by Gasteiger charge is -2.34. The number of amides is 1. The number of aromatic amines is 1. The summed E-state index contributed by atoms with van der Waals surface area (Å²) in [5.41, 5.74) is 0.468. The van der Waals surface area contributed by atoms with E-state index in [2.05, 4.69) is 24.1 Å². The van der Waals surface area contributed by atoms with Gasteiger partial charge in [-0.2, -0.15) is 0 Å². The molecule has 1 fully saturated rings. The fourth-order valence-corrected chi connectivity index (χ4v) is 4.90. The fourth-order valence-electron chi connectivity index (χ4n) is 4.62. The highest BCUT2D eigenvalue weighted by atomic mass is 32.1. The van der Waals surface area contributed by atoms with Crippen LogP contribution < -0.4 is 20.3 Å². The molecule has 0 spiro atoms. The molecule has 0 aliphatic heterocycles. The van der Waals surface area contributed by atoms with Gasteiger partial charge in [0.05, 0.1) is 24.1 Å². The molecule has 1 saturated carbocycles. The number of nitrogens with zero attached hydrogens (tertiary/aromatic N) is 1. The minimum absolute atomic E-state index is 0.0989. The quantitative estimate of drug-likeness (QED) is 0.374. The van der Waals surface area contributed by atoms with Crippen LogP contribution in [-0.4, -0.2) is 34.7 Å². The molecule has 3 rings (SSSR count). The fraction of sp³-hybridized carbons (Fsp3) is 0.640. The third kappa shape index (κ3) is 6.16. The van der Waals surface area contributed by atoms with Gasteiger partial charge in [0.15, 0.2) is 16.3 Å². The van der Waals surface area contributed by atoms with Crippen LogP contribution in [0.25, 0.3) is 10.9 Å². The van der Waals surface area contributed by atoms with E-state index in [-0.39, 0.29) is 17.5 Å². The molecule has 7 nitrogen and oxygen atoms in total. The Morgan fingerprint density at radius 3 is 2.55 bits per heavy atom. The molecule has 1 aromatic heterocycles. The highest BCUT2D eigenvalue weighted by molar-refractivity contribution is 7.71. The molecule has 1 aliphatic carbocycles. The average Bonchev–Trinajstić information content (AvgIpc) is 2.77. The van der Waals surface area contributed by atoms with Crippen molar-refractivity contribution in [1.82, 2.24) is 14.9 Å². The van der Waals surface area contributed by atoms with Gasteiger partial charge in [0.1, 0.15) is 0 Å². The highest BCUT2D eigenvalue weighted by Crippen LogP contribution is 2.31. The lowest BCUT2D eigenvalue weighted by molar-refractivity contribution is -0.122. The van der Waals surface area contributed by atoms with E-state index in [4.69, 9.17) is 21.7 Å². The molecule has 8 heteroatoms. The maximum atomic E-state index is 13.1. The summed E-state index contributed by atoms with van der Waals surface area (Å²) >= 11 is 5.45. The number of H-pyrrole nitrogens is 1. The van der Waals surface area contributed by atoms with Gasteiger partial charge in [-0.25, -0.2) is 0 Å². The van der Waals surface area contributed by atoms with Gasteiger partial charge in [-0.3, -0.25) is 14.2 Å². The monoisotopic (exact) mass is 475 g/mol. The third-order valence-corrected chi connectivity index (χ3v) is 7.06. The molecule has 3 atom stereocenters. The Labute approximate surface area is 200 Å². The SMILES string of the molecule is CCOc1cc2[nH]c(=S)n(CCCCC(=O)N[C@@H]3CCC[C@H](C)[C@H]3C)c(=O)c2cc1OCC. The van der Waals surface area contributed by atoms with Crippen molar-refractivity contribution in [2.24, 2.45) is 11.8 Å². The summed E-state index contributed by atoms with van der Waals surface area (Å²) in [6, 6.07) is 3.76. The van der Waals surface area contributed by atoms with Crippen LogP contribution in [-0.2, 0) is 11.3 Å². The number of unbranched alkanes of at least 4 members (excludes halogenated alkanes) is 1. The highest BCUT2D eigenvalue weighted by Gasteiger charge is 2.27. The molecule has 1 amide bonds. The number of ether oxygens (including phenoxy) is 2. The van der Waals surface area contributed by atoms with Gasteiger partial charge in [-0.05, 0) is 63.2 Å². The van der Waals surface area contributed by atoms with Gasteiger partial charge < -0.3 is 19.8 Å².